The minimum absolute atomic E-state index is 0.250. The fraction of sp³-hybridized carbons (Fsp3) is 1.00. The molecule has 0 unspecified atom stereocenters. The van der Waals surface area contributed by atoms with E-state index in [1.165, 1.54) is 32.1 Å². The number of hydrogen-bond donors (Lipinski definition) is 3. The minimum Gasteiger partial charge on any atom is -0.400 e. The van der Waals surface area contributed by atoms with Crippen LogP contribution in [-0.2, 0) is 0 Å². The van der Waals surface area contributed by atoms with Crippen molar-refractivity contribution in [2.45, 2.75) is 66.7 Å². The van der Waals surface area contributed by atoms with Crippen LogP contribution < -0.4 is 5.32 Å². The van der Waals surface area contributed by atoms with E-state index in [-0.39, 0.29) is 6.61 Å². The highest BCUT2D eigenvalue weighted by atomic mass is 16.2. The summed E-state index contributed by atoms with van der Waals surface area (Å²) in [5.41, 5.74) is 0. The van der Waals surface area contributed by atoms with Gasteiger partial charge in [0.15, 0.2) is 0 Å². The van der Waals surface area contributed by atoms with Crippen molar-refractivity contribution in [2.24, 2.45) is 0 Å². The van der Waals surface area contributed by atoms with Crippen molar-refractivity contribution < 1.29 is 10.2 Å². The highest BCUT2D eigenvalue weighted by molar-refractivity contribution is 4.35. The molecule has 0 saturated heterocycles. The van der Waals surface area contributed by atoms with Crippen LogP contribution in [0.2, 0.25) is 0 Å². The van der Waals surface area contributed by atoms with E-state index in [0.717, 1.165) is 20.2 Å². The Morgan fingerprint density at radius 2 is 1.00 bits per heavy atom. The van der Waals surface area contributed by atoms with Crippen LogP contribution in [0, 0.1) is 0 Å². The molecule has 3 nitrogen and oxygen atoms in total. The maximum atomic E-state index is 7.57. The van der Waals surface area contributed by atoms with Crippen LogP contribution in [0.3, 0.4) is 0 Å². The minimum atomic E-state index is 0.250. The summed E-state index contributed by atoms with van der Waals surface area (Å²) in [7, 11) is 1.00. The first kappa shape index (κ1) is 25.7. The number of aliphatic hydroxyl groups is 2. The summed E-state index contributed by atoms with van der Waals surface area (Å²) in [6.45, 7) is 12.8. The molecule has 3 N–H and O–H groups in total. The highest BCUT2D eigenvalue weighted by Crippen LogP contribution is 2.00. The third kappa shape index (κ3) is 88.5. The van der Waals surface area contributed by atoms with E-state index in [1.807, 2.05) is 0 Å². The predicted molar refractivity (Wildman–Crippen MR) is 79.6 cm³/mol. The Kier molecular flexibility index (Phi) is 67.3. The van der Waals surface area contributed by atoms with Crippen LogP contribution in [0.5, 0.6) is 0 Å². The van der Waals surface area contributed by atoms with Gasteiger partial charge in [-0.1, -0.05) is 59.8 Å². The molecule has 0 aromatic heterocycles. The molecular formula is C14H37NO2. The summed E-state index contributed by atoms with van der Waals surface area (Å²) >= 11 is 0. The number of rotatable bonds is 6. The Morgan fingerprint density at radius 3 is 1.12 bits per heavy atom. The molecule has 0 aromatic carbocycles. The van der Waals surface area contributed by atoms with E-state index >= 15 is 0 Å². The predicted octanol–water partition coefficient (Wildman–Crippen LogP) is 3.20. The highest BCUT2D eigenvalue weighted by Gasteiger charge is 1.80. The van der Waals surface area contributed by atoms with Gasteiger partial charge < -0.3 is 15.5 Å². The van der Waals surface area contributed by atoms with Crippen LogP contribution >= 0.6 is 0 Å². The summed E-state index contributed by atoms with van der Waals surface area (Å²) in [5, 5.41) is 17.7. The second-order valence-electron chi connectivity index (χ2n) is 3.33. The number of aliphatic hydroxyl groups excluding tert-OH is 2. The summed E-state index contributed by atoms with van der Waals surface area (Å²) < 4.78 is 0. The van der Waals surface area contributed by atoms with Crippen molar-refractivity contribution in [3.05, 3.63) is 0 Å². The number of nitrogens with one attached hydrogen (secondary N) is 1. The molecule has 3 heteroatoms. The smallest absolute Gasteiger partial charge is 0.0402 e. The van der Waals surface area contributed by atoms with Crippen molar-refractivity contribution >= 4 is 0 Å². The molecular weight excluding hydrogens is 214 g/mol. The standard InChI is InChI=1S/C7H16.C4H11N.C2H6O.CH4O/c1-3-5-7-6-4-2;1-3-5-4-2;1-2-3;1-2/h3-7H2,1-2H3;5H,3-4H2,1-2H3;3H,2H2,1H3;2H,1H3. The van der Waals surface area contributed by atoms with Gasteiger partial charge in [-0.15, -0.1) is 0 Å². The summed E-state index contributed by atoms with van der Waals surface area (Å²) in [6, 6.07) is 0. The second kappa shape index (κ2) is 44.6. The van der Waals surface area contributed by atoms with Gasteiger partial charge in [-0.2, -0.15) is 0 Å². The van der Waals surface area contributed by atoms with Crippen molar-refractivity contribution in [1.29, 1.82) is 0 Å². The zero-order valence-corrected chi connectivity index (χ0v) is 13.1. The van der Waals surface area contributed by atoms with Gasteiger partial charge >= 0.3 is 0 Å². The molecule has 17 heavy (non-hydrogen) atoms. The van der Waals surface area contributed by atoms with E-state index in [2.05, 4.69) is 33.0 Å². The molecule has 0 atom stereocenters. The van der Waals surface area contributed by atoms with Crippen molar-refractivity contribution in [1.82, 2.24) is 5.32 Å². The van der Waals surface area contributed by atoms with Gasteiger partial charge in [0, 0.05) is 13.7 Å². The normalized spacial score (nSPS) is 7.76. The van der Waals surface area contributed by atoms with Gasteiger partial charge in [-0.25, -0.2) is 0 Å². The maximum Gasteiger partial charge on any atom is 0.0402 e. The van der Waals surface area contributed by atoms with Gasteiger partial charge in [0.2, 0.25) is 0 Å². The molecule has 0 rings (SSSR count). The maximum absolute atomic E-state index is 7.57. The molecule has 0 aliphatic carbocycles. The molecule has 0 radical (unpaired) electrons. The van der Waals surface area contributed by atoms with E-state index in [1.54, 1.807) is 6.92 Å². The van der Waals surface area contributed by atoms with Gasteiger partial charge in [0.25, 0.3) is 0 Å². The molecule has 0 heterocycles. The Labute approximate surface area is 110 Å². The van der Waals surface area contributed by atoms with Crippen LogP contribution in [0.25, 0.3) is 0 Å². The molecule has 0 aliphatic rings. The SMILES string of the molecule is CCCCCCC.CCNCC.CCO.CO. The Bertz CT molecular complexity index is 65.2. The lowest BCUT2D eigenvalue weighted by molar-refractivity contribution is 0.318. The Morgan fingerprint density at radius 1 is 0.706 bits per heavy atom. The molecule has 0 amide bonds. The fourth-order valence-electron chi connectivity index (χ4n) is 0.927. The Hall–Kier alpha value is -0.120. The van der Waals surface area contributed by atoms with Crippen molar-refractivity contribution in [3.8, 4) is 0 Å². The van der Waals surface area contributed by atoms with Crippen LogP contribution in [0.4, 0.5) is 0 Å². The van der Waals surface area contributed by atoms with Crippen LogP contribution in [0.1, 0.15) is 66.7 Å². The lowest BCUT2D eigenvalue weighted by atomic mass is 10.2. The second-order valence-corrected chi connectivity index (χ2v) is 3.33. The molecule has 0 aliphatic heterocycles. The van der Waals surface area contributed by atoms with E-state index < -0.39 is 0 Å². The van der Waals surface area contributed by atoms with Gasteiger partial charge in [-0.3, -0.25) is 0 Å². The van der Waals surface area contributed by atoms with E-state index in [4.69, 9.17) is 10.2 Å². The lowest BCUT2D eigenvalue weighted by Gasteiger charge is -1.90. The first-order valence-corrected chi connectivity index (χ1v) is 7.01. The van der Waals surface area contributed by atoms with Gasteiger partial charge in [-0.05, 0) is 20.0 Å². The first-order chi connectivity index (χ1) is 8.24. The molecule has 0 saturated carbocycles. The lowest BCUT2D eigenvalue weighted by Crippen LogP contribution is -2.09. The third-order valence-electron chi connectivity index (χ3n) is 1.71. The van der Waals surface area contributed by atoms with Crippen molar-refractivity contribution in [2.75, 3.05) is 26.8 Å². The average molecular weight is 251 g/mol. The van der Waals surface area contributed by atoms with Gasteiger partial charge in [0.05, 0.1) is 0 Å². The quantitative estimate of drug-likeness (QED) is 0.635. The molecule has 0 fully saturated rings. The molecule has 0 aromatic rings. The zero-order chi connectivity index (χ0) is 14.4. The first-order valence-electron chi connectivity index (χ1n) is 7.01. The van der Waals surface area contributed by atoms with E-state index in [9.17, 15) is 0 Å². The van der Waals surface area contributed by atoms with Crippen molar-refractivity contribution in [3.63, 3.8) is 0 Å². The van der Waals surface area contributed by atoms with Gasteiger partial charge in [0.1, 0.15) is 0 Å². The van der Waals surface area contributed by atoms with Crippen LogP contribution in [0.15, 0.2) is 0 Å². The largest absolute Gasteiger partial charge is 0.400 e. The third-order valence-corrected chi connectivity index (χ3v) is 1.71. The summed E-state index contributed by atoms with van der Waals surface area (Å²) in [4.78, 5) is 0. The Balaban J connectivity index is -0.0000000743. The summed E-state index contributed by atoms with van der Waals surface area (Å²) in [5.74, 6) is 0. The average Bonchev–Trinajstić information content (AvgIpc) is 2.35. The molecule has 110 valence electrons. The van der Waals surface area contributed by atoms with Crippen LogP contribution in [-0.4, -0.2) is 37.0 Å². The zero-order valence-electron chi connectivity index (χ0n) is 13.1. The number of hydrogen-bond acceptors (Lipinski definition) is 3. The van der Waals surface area contributed by atoms with E-state index in [0.29, 0.717) is 0 Å². The summed E-state index contributed by atoms with van der Waals surface area (Å²) in [6.07, 6.45) is 7.01. The monoisotopic (exact) mass is 251 g/mol. The fourth-order valence-corrected chi connectivity index (χ4v) is 0.927. The molecule has 0 bridgehead atoms. The topological polar surface area (TPSA) is 52.5 Å². The number of unbranched alkanes of at least 4 members (excludes halogenated alkanes) is 4. The molecule has 0 spiro atoms.